The van der Waals surface area contributed by atoms with Crippen LogP contribution in [0.4, 0.5) is 5.69 Å². The maximum absolute atomic E-state index is 12.3. The molecule has 0 bridgehead atoms. The zero-order chi connectivity index (χ0) is 20.3. The molecular formula is C18H13Cl3N4O3. The highest BCUT2D eigenvalue weighted by Crippen LogP contribution is 2.33. The normalized spacial score (nSPS) is 10.6. The van der Waals surface area contributed by atoms with Gasteiger partial charge in [-0.3, -0.25) is 4.79 Å². The van der Waals surface area contributed by atoms with Gasteiger partial charge in [-0.1, -0.05) is 40.9 Å². The van der Waals surface area contributed by atoms with Crippen molar-refractivity contribution in [1.82, 2.24) is 14.8 Å². The summed E-state index contributed by atoms with van der Waals surface area (Å²) in [6, 6.07) is 8.20. The Balaban J connectivity index is 1.65. The molecule has 0 atom stereocenters. The number of rotatable bonds is 5. The van der Waals surface area contributed by atoms with Crippen LogP contribution in [-0.2, 0) is 9.53 Å². The van der Waals surface area contributed by atoms with Crippen molar-refractivity contribution in [2.75, 3.05) is 11.9 Å². The van der Waals surface area contributed by atoms with E-state index in [4.69, 9.17) is 39.5 Å². The second kappa shape index (κ2) is 8.60. The summed E-state index contributed by atoms with van der Waals surface area (Å²) in [4.78, 5) is 28.6. The van der Waals surface area contributed by atoms with Crippen LogP contribution < -0.4 is 5.32 Å². The largest absolute Gasteiger partial charge is 0.452 e. The Hall–Kier alpha value is -2.61. The van der Waals surface area contributed by atoms with Gasteiger partial charge in [-0.25, -0.2) is 14.5 Å². The van der Waals surface area contributed by atoms with Crippen LogP contribution in [0, 0.1) is 6.92 Å². The van der Waals surface area contributed by atoms with Gasteiger partial charge < -0.3 is 10.1 Å². The van der Waals surface area contributed by atoms with Gasteiger partial charge >= 0.3 is 5.97 Å². The lowest BCUT2D eigenvalue weighted by atomic mass is 10.2. The third-order valence-corrected chi connectivity index (χ3v) is 4.52. The molecule has 0 aliphatic heterocycles. The maximum Gasteiger partial charge on any atom is 0.342 e. The predicted octanol–water partition coefficient (Wildman–Crippen LogP) is 4.33. The standard InChI is InChI=1S/C18H13Cl3N4O3/c1-10-12(8-23-25(10)15-4-2-3-5-22-15)18(27)28-9-16(26)24-17-13(20)6-11(19)7-14(17)21/h2-8H,9H2,1H3,(H,24,26). The molecule has 1 aromatic carbocycles. The SMILES string of the molecule is Cc1c(C(=O)OCC(=O)Nc2c(Cl)cc(Cl)cc2Cl)cnn1-c1ccccn1. The fraction of sp³-hybridized carbons (Fsp3) is 0.111. The first-order chi connectivity index (χ1) is 13.4. The molecule has 0 aliphatic rings. The monoisotopic (exact) mass is 438 g/mol. The van der Waals surface area contributed by atoms with Gasteiger partial charge in [-0.05, 0) is 31.2 Å². The number of amides is 1. The summed E-state index contributed by atoms with van der Waals surface area (Å²) in [6.45, 7) is 1.17. The third-order valence-electron chi connectivity index (χ3n) is 3.70. The van der Waals surface area contributed by atoms with E-state index in [1.165, 1.54) is 23.0 Å². The van der Waals surface area contributed by atoms with E-state index in [9.17, 15) is 9.59 Å². The molecule has 1 N–H and O–H groups in total. The van der Waals surface area contributed by atoms with E-state index in [-0.39, 0.29) is 21.3 Å². The molecule has 2 aromatic heterocycles. The summed E-state index contributed by atoms with van der Waals surface area (Å²) in [6.07, 6.45) is 2.98. The topological polar surface area (TPSA) is 86.1 Å². The van der Waals surface area contributed by atoms with Gasteiger partial charge in [-0.2, -0.15) is 5.10 Å². The predicted molar refractivity (Wildman–Crippen MR) is 106 cm³/mol. The average molecular weight is 440 g/mol. The molecule has 144 valence electrons. The number of benzene rings is 1. The summed E-state index contributed by atoms with van der Waals surface area (Å²) >= 11 is 17.8. The smallest absolute Gasteiger partial charge is 0.342 e. The number of anilines is 1. The third kappa shape index (κ3) is 4.44. The summed E-state index contributed by atoms with van der Waals surface area (Å²) in [7, 11) is 0. The highest BCUT2D eigenvalue weighted by Gasteiger charge is 2.19. The van der Waals surface area contributed by atoms with E-state index < -0.39 is 18.5 Å². The van der Waals surface area contributed by atoms with Crippen LogP contribution >= 0.6 is 34.8 Å². The number of hydrogen-bond acceptors (Lipinski definition) is 5. The quantitative estimate of drug-likeness (QED) is 0.598. The number of pyridine rings is 1. The number of ether oxygens (including phenoxy) is 1. The molecule has 28 heavy (non-hydrogen) atoms. The Labute approximate surface area is 175 Å². The Morgan fingerprint density at radius 1 is 1.18 bits per heavy atom. The molecule has 7 nitrogen and oxygen atoms in total. The van der Waals surface area contributed by atoms with Crippen molar-refractivity contribution < 1.29 is 14.3 Å². The lowest BCUT2D eigenvalue weighted by Gasteiger charge is -2.10. The summed E-state index contributed by atoms with van der Waals surface area (Å²) in [5.41, 5.74) is 0.946. The number of carbonyl (C=O) groups is 2. The first-order valence-electron chi connectivity index (χ1n) is 7.94. The number of esters is 1. The summed E-state index contributed by atoms with van der Waals surface area (Å²) in [5, 5.41) is 7.30. The molecule has 3 aromatic rings. The molecule has 0 aliphatic carbocycles. The minimum Gasteiger partial charge on any atom is -0.452 e. The number of halogens is 3. The summed E-state index contributed by atoms with van der Waals surface area (Å²) < 4.78 is 6.56. The Morgan fingerprint density at radius 3 is 2.54 bits per heavy atom. The number of aromatic nitrogens is 3. The van der Waals surface area contributed by atoms with Crippen molar-refractivity contribution >= 4 is 52.4 Å². The first-order valence-corrected chi connectivity index (χ1v) is 9.07. The van der Waals surface area contributed by atoms with Crippen molar-refractivity contribution in [2.24, 2.45) is 0 Å². The molecule has 0 fully saturated rings. The van der Waals surface area contributed by atoms with Crippen molar-refractivity contribution in [2.45, 2.75) is 6.92 Å². The van der Waals surface area contributed by atoms with Crippen LogP contribution in [-0.4, -0.2) is 33.2 Å². The van der Waals surface area contributed by atoms with E-state index in [1.807, 2.05) is 0 Å². The van der Waals surface area contributed by atoms with Gasteiger partial charge in [0.25, 0.3) is 5.91 Å². The maximum atomic E-state index is 12.3. The second-order valence-corrected chi connectivity index (χ2v) is 6.86. The fourth-order valence-corrected chi connectivity index (χ4v) is 3.28. The highest BCUT2D eigenvalue weighted by atomic mass is 35.5. The minimum atomic E-state index is -0.692. The van der Waals surface area contributed by atoms with Crippen LogP contribution in [0.15, 0.2) is 42.7 Å². The second-order valence-electron chi connectivity index (χ2n) is 5.61. The molecule has 10 heteroatoms. The van der Waals surface area contributed by atoms with E-state index in [0.29, 0.717) is 16.5 Å². The van der Waals surface area contributed by atoms with Gasteiger partial charge in [0, 0.05) is 11.2 Å². The Morgan fingerprint density at radius 2 is 1.89 bits per heavy atom. The van der Waals surface area contributed by atoms with Crippen molar-refractivity contribution in [1.29, 1.82) is 0 Å². The van der Waals surface area contributed by atoms with Crippen LogP contribution in [0.5, 0.6) is 0 Å². The molecule has 2 heterocycles. The first kappa shape index (κ1) is 20.1. The van der Waals surface area contributed by atoms with Crippen LogP contribution in [0.25, 0.3) is 5.82 Å². The molecule has 0 saturated heterocycles. The van der Waals surface area contributed by atoms with E-state index >= 15 is 0 Å². The highest BCUT2D eigenvalue weighted by molar-refractivity contribution is 6.42. The number of hydrogen-bond donors (Lipinski definition) is 1. The van der Waals surface area contributed by atoms with E-state index in [1.54, 1.807) is 31.3 Å². The fourth-order valence-electron chi connectivity index (χ4n) is 2.37. The van der Waals surface area contributed by atoms with Gasteiger partial charge in [0.05, 0.1) is 27.6 Å². The molecular weight excluding hydrogens is 427 g/mol. The van der Waals surface area contributed by atoms with Gasteiger partial charge in [0.15, 0.2) is 12.4 Å². The Bertz CT molecular complexity index is 1010. The molecule has 0 radical (unpaired) electrons. The van der Waals surface area contributed by atoms with Crippen molar-refractivity contribution in [3.63, 3.8) is 0 Å². The van der Waals surface area contributed by atoms with E-state index in [2.05, 4.69) is 15.4 Å². The summed E-state index contributed by atoms with van der Waals surface area (Å²) in [5.74, 6) is -0.735. The molecule has 3 rings (SSSR count). The molecule has 0 unspecified atom stereocenters. The van der Waals surface area contributed by atoms with Gasteiger partial charge in [0.2, 0.25) is 0 Å². The van der Waals surface area contributed by atoms with Crippen molar-refractivity contribution in [3.05, 3.63) is 69.1 Å². The van der Waals surface area contributed by atoms with Gasteiger partial charge in [0.1, 0.15) is 5.56 Å². The van der Waals surface area contributed by atoms with Crippen LogP contribution in [0.3, 0.4) is 0 Å². The lowest BCUT2D eigenvalue weighted by molar-refractivity contribution is -0.119. The number of carbonyl (C=O) groups excluding carboxylic acids is 2. The van der Waals surface area contributed by atoms with Crippen LogP contribution in [0.2, 0.25) is 15.1 Å². The zero-order valence-corrected chi connectivity index (χ0v) is 16.7. The minimum absolute atomic E-state index is 0.171. The Kier molecular flexibility index (Phi) is 6.18. The van der Waals surface area contributed by atoms with E-state index in [0.717, 1.165) is 0 Å². The van der Waals surface area contributed by atoms with Crippen molar-refractivity contribution in [3.8, 4) is 5.82 Å². The molecule has 0 spiro atoms. The zero-order valence-electron chi connectivity index (χ0n) is 14.4. The number of nitrogens with zero attached hydrogens (tertiary/aromatic N) is 3. The number of nitrogens with one attached hydrogen (secondary N) is 1. The molecule has 1 amide bonds. The van der Waals surface area contributed by atoms with Gasteiger partial charge in [-0.15, -0.1) is 0 Å². The average Bonchev–Trinajstić information content (AvgIpc) is 3.05. The molecule has 0 saturated carbocycles. The van der Waals surface area contributed by atoms with Crippen LogP contribution in [0.1, 0.15) is 16.1 Å². The lowest BCUT2D eigenvalue weighted by Crippen LogP contribution is -2.21.